The quantitative estimate of drug-likeness (QED) is 0.907. The predicted octanol–water partition coefficient (Wildman–Crippen LogP) is 2.31. The number of carbonyl (C=O) groups is 1. The topological polar surface area (TPSA) is 78.2 Å². The first-order chi connectivity index (χ1) is 9.15. The largest absolute Gasteiger partial charge is 0.453 e. The molecule has 19 heavy (non-hydrogen) atoms. The fraction of sp³-hybridized carbons (Fsp3) is 0.545. The molecule has 1 saturated heterocycles. The van der Waals surface area contributed by atoms with Crippen LogP contribution in [0.15, 0.2) is 0 Å². The summed E-state index contributed by atoms with van der Waals surface area (Å²) in [5, 5.41) is 13.2. The van der Waals surface area contributed by atoms with E-state index < -0.39 is 0 Å². The Bertz CT molecular complexity index is 505. The summed E-state index contributed by atoms with van der Waals surface area (Å²) in [5.41, 5.74) is 0.391. The van der Waals surface area contributed by atoms with E-state index in [1.54, 1.807) is 4.90 Å². The zero-order chi connectivity index (χ0) is 13.8. The molecule has 0 unspecified atom stereocenters. The van der Waals surface area contributed by atoms with Crippen molar-refractivity contribution in [2.45, 2.75) is 18.9 Å². The van der Waals surface area contributed by atoms with Crippen LogP contribution in [0.5, 0.6) is 0 Å². The molecule has 0 aromatic carbocycles. The first-order valence-corrected chi connectivity index (χ1v) is 6.95. The highest BCUT2D eigenvalue weighted by Gasteiger charge is 2.24. The summed E-state index contributed by atoms with van der Waals surface area (Å²) < 4.78 is 8.63. The van der Waals surface area contributed by atoms with Gasteiger partial charge in [0.1, 0.15) is 16.6 Å². The van der Waals surface area contributed by atoms with Gasteiger partial charge < -0.3 is 15.0 Å². The Kier molecular flexibility index (Phi) is 4.45. The Morgan fingerprint density at radius 1 is 1.63 bits per heavy atom. The molecule has 0 radical (unpaired) electrons. The van der Waals surface area contributed by atoms with Crippen molar-refractivity contribution in [1.29, 1.82) is 5.26 Å². The molecule has 1 aromatic rings. The molecule has 1 amide bonds. The van der Waals surface area contributed by atoms with Crippen molar-refractivity contribution >= 4 is 34.2 Å². The maximum Gasteiger partial charge on any atom is 0.409 e. The lowest BCUT2D eigenvalue weighted by molar-refractivity contribution is 0.113. The van der Waals surface area contributed by atoms with E-state index in [9.17, 15) is 4.79 Å². The summed E-state index contributed by atoms with van der Waals surface area (Å²) in [6.07, 6.45) is 1.31. The van der Waals surface area contributed by atoms with Gasteiger partial charge in [-0.3, -0.25) is 0 Å². The van der Waals surface area contributed by atoms with Gasteiger partial charge in [0, 0.05) is 19.1 Å². The van der Waals surface area contributed by atoms with Crippen LogP contribution in [0, 0.1) is 11.3 Å². The van der Waals surface area contributed by atoms with Crippen LogP contribution in [0.2, 0.25) is 5.15 Å². The number of halogens is 1. The number of nitrogens with zero attached hydrogens (tertiary/aromatic N) is 3. The average Bonchev–Trinajstić information content (AvgIpc) is 2.79. The molecule has 0 atom stereocenters. The highest BCUT2D eigenvalue weighted by atomic mass is 35.5. The first-order valence-electron chi connectivity index (χ1n) is 5.80. The van der Waals surface area contributed by atoms with Crippen LogP contribution in [0.1, 0.15) is 18.4 Å². The van der Waals surface area contributed by atoms with Crippen LogP contribution in [-0.4, -0.2) is 41.6 Å². The summed E-state index contributed by atoms with van der Waals surface area (Å²) in [5.74, 6) is 0. The van der Waals surface area contributed by atoms with Gasteiger partial charge in [-0.25, -0.2) is 4.79 Å². The molecule has 0 bridgehead atoms. The molecule has 102 valence electrons. The van der Waals surface area contributed by atoms with Gasteiger partial charge in [-0.2, -0.15) is 9.64 Å². The summed E-state index contributed by atoms with van der Waals surface area (Å²) in [7, 11) is 1.38. The SMILES string of the molecule is COC(=O)N1CCC(Nc2snc(Cl)c2C#N)CC1. The lowest BCUT2D eigenvalue weighted by Crippen LogP contribution is -2.42. The second-order valence-electron chi connectivity index (χ2n) is 4.17. The fourth-order valence-electron chi connectivity index (χ4n) is 1.99. The lowest BCUT2D eigenvalue weighted by atomic mass is 10.1. The normalized spacial score (nSPS) is 15.9. The van der Waals surface area contributed by atoms with E-state index in [4.69, 9.17) is 16.9 Å². The maximum atomic E-state index is 11.4. The zero-order valence-electron chi connectivity index (χ0n) is 10.4. The molecular weight excluding hydrogens is 288 g/mol. The molecule has 2 rings (SSSR count). The number of amides is 1. The van der Waals surface area contributed by atoms with Gasteiger partial charge in [0.2, 0.25) is 0 Å². The smallest absolute Gasteiger partial charge is 0.409 e. The minimum atomic E-state index is -0.294. The van der Waals surface area contributed by atoms with Crippen molar-refractivity contribution in [3.8, 4) is 6.07 Å². The van der Waals surface area contributed by atoms with E-state index >= 15 is 0 Å². The molecule has 1 fully saturated rings. The van der Waals surface area contributed by atoms with Gasteiger partial charge in [0.05, 0.1) is 7.11 Å². The monoisotopic (exact) mass is 300 g/mol. The molecular formula is C11H13ClN4O2S. The number of hydrogen-bond donors (Lipinski definition) is 1. The van der Waals surface area contributed by atoms with Crippen LogP contribution in [0.25, 0.3) is 0 Å². The summed E-state index contributed by atoms with van der Waals surface area (Å²) in [4.78, 5) is 13.0. The van der Waals surface area contributed by atoms with Crippen LogP contribution in [-0.2, 0) is 4.74 Å². The van der Waals surface area contributed by atoms with E-state index in [1.807, 2.05) is 6.07 Å². The number of methoxy groups -OCH3 is 1. The Morgan fingerprint density at radius 3 is 2.89 bits per heavy atom. The number of nitrogens with one attached hydrogen (secondary N) is 1. The van der Waals surface area contributed by atoms with Crippen LogP contribution < -0.4 is 5.32 Å². The van der Waals surface area contributed by atoms with Crippen LogP contribution in [0.3, 0.4) is 0 Å². The van der Waals surface area contributed by atoms with Gasteiger partial charge in [-0.1, -0.05) is 11.6 Å². The summed E-state index contributed by atoms with van der Waals surface area (Å²) in [6.45, 7) is 1.28. The number of likely N-dealkylation sites (tertiary alicyclic amines) is 1. The highest BCUT2D eigenvalue weighted by molar-refractivity contribution is 7.10. The van der Waals surface area contributed by atoms with Crippen molar-refractivity contribution in [2.75, 3.05) is 25.5 Å². The minimum Gasteiger partial charge on any atom is -0.453 e. The van der Waals surface area contributed by atoms with Gasteiger partial charge in [-0.05, 0) is 24.4 Å². The van der Waals surface area contributed by atoms with Gasteiger partial charge in [0.15, 0.2) is 5.15 Å². The van der Waals surface area contributed by atoms with Crippen LogP contribution >= 0.6 is 23.1 Å². The zero-order valence-corrected chi connectivity index (χ0v) is 11.9. The molecule has 0 saturated carbocycles. The Morgan fingerprint density at radius 2 is 2.32 bits per heavy atom. The number of aromatic nitrogens is 1. The van der Waals surface area contributed by atoms with E-state index in [-0.39, 0.29) is 17.3 Å². The first kappa shape index (κ1) is 13.9. The molecule has 8 heteroatoms. The van der Waals surface area contributed by atoms with E-state index in [2.05, 4.69) is 14.4 Å². The average molecular weight is 301 g/mol. The lowest BCUT2D eigenvalue weighted by Gasteiger charge is -2.31. The standard InChI is InChI=1S/C11H13ClN4O2S/c1-18-11(17)16-4-2-7(3-5-16)14-10-8(6-13)9(12)15-19-10/h7,14H,2-5H2,1H3. The number of carbonyl (C=O) groups excluding carboxylic acids is 1. The second-order valence-corrected chi connectivity index (χ2v) is 5.30. The van der Waals surface area contributed by atoms with Crippen molar-refractivity contribution in [3.63, 3.8) is 0 Å². The molecule has 1 aliphatic rings. The van der Waals surface area contributed by atoms with Crippen LogP contribution in [0.4, 0.5) is 9.80 Å². The van der Waals surface area contributed by atoms with E-state index in [0.717, 1.165) is 12.8 Å². The third-order valence-electron chi connectivity index (χ3n) is 3.03. The molecule has 1 aromatic heterocycles. The van der Waals surface area contributed by atoms with Crippen molar-refractivity contribution in [1.82, 2.24) is 9.27 Å². The third-order valence-corrected chi connectivity index (χ3v) is 4.18. The molecule has 1 aliphatic heterocycles. The molecule has 0 aliphatic carbocycles. The van der Waals surface area contributed by atoms with E-state index in [0.29, 0.717) is 23.7 Å². The molecule has 2 heterocycles. The number of piperidine rings is 1. The Hall–Kier alpha value is -1.52. The Balaban J connectivity index is 1.93. The predicted molar refractivity (Wildman–Crippen MR) is 72.5 cm³/mol. The van der Waals surface area contributed by atoms with Crippen molar-refractivity contribution in [2.24, 2.45) is 0 Å². The van der Waals surface area contributed by atoms with Gasteiger partial charge in [0.25, 0.3) is 0 Å². The third kappa shape index (κ3) is 3.08. The Labute approximate surface area is 120 Å². The number of nitriles is 1. The van der Waals surface area contributed by atoms with Gasteiger partial charge in [-0.15, -0.1) is 0 Å². The maximum absolute atomic E-state index is 11.4. The summed E-state index contributed by atoms with van der Waals surface area (Å²) in [6, 6.07) is 2.25. The molecule has 1 N–H and O–H groups in total. The van der Waals surface area contributed by atoms with Crippen molar-refractivity contribution in [3.05, 3.63) is 10.7 Å². The van der Waals surface area contributed by atoms with E-state index in [1.165, 1.54) is 18.6 Å². The number of hydrogen-bond acceptors (Lipinski definition) is 6. The molecule has 6 nitrogen and oxygen atoms in total. The van der Waals surface area contributed by atoms with Gasteiger partial charge >= 0.3 is 6.09 Å². The number of anilines is 1. The minimum absolute atomic E-state index is 0.213. The number of ether oxygens (including phenoxy) is 1. The number of rotatable bonds is 2. The van der Waals surface area contributed by atoms with Crippen molar-refractivity contribution < 1.29 is 9.53 Å². The second kappa shape index (κ2) is 6.08. The fourth-order valence-corrected chi connectivity index (χ4v) is 3.00. The summed E-state index contributed by atoms with van der Waals surface area (Å²) >= 11 is 7.00. The molecule has 0 spiro atoms. The highest BCUT2D eigenvalue weighted by Crippen LogP contribution is 2.29.